The van der Waals surface area contributed by atoms with Gasteiger partial charge in [0.2, 0.25) is 0 Å². The van der Waals surface area contributed by atoms with Crippen LogP contribution in [0.5, 0.6) is 0 Å². The molecule has 2 aromatic heterocycles. The molecule has 0 radical (unpaired) electrons. The highest BCUT2D eigenvalue weighted by Crippen LogP contribution is 2.24. The van der Waals surface area contributed by atoms with Crippen molar-refractivity contribution in [1.29, 1.82) is 0 Å². The zero-order chi connectivity index (χ0) is 15.0. The Morgan fingerprint density at radius 3 is 2.90 bits per heavy atom. The first-order valence-electron chi connectivity index (χ1n) is 6.17. The molecule has 0 bridgehead atoms. The quantitative estimate of drug-likeness (QED) is 0.803. The van der Waals surface area contributed by atoms with Gasteiger partial charge in [-0.2, -0.15) is 5.10 Å². The molecule has 0 aliphatic heterocycles. The minimum absolute atomic E-state index is 0.346. The average Bonchev–Trinajstić information content (AvgIpc) is 3.04. The van der Waals surface area contributed by atoms with E-state index in [0.29, 0.717) is 16.6 Å². The molecule has 4 nitrogen and oxygen atoms in total. The molecule has 0 atom stereocenters. The maximum Gasteiger partial charge on any atom is 0.338 e. The molecule has 3 aromatic rings. The van der Waals surface area contributed by atoms with Crippen LogP contribution in [-0.2, 0) is 7.05 Å². The van der Waals surface area contributed by atoms with Gasteiger partial charge >= 0.3 is 5.97 Å². The Labute approximate surface area is 123 Å². The fourth-order valence-electron chi connectivity index (χ4n) is 2.14. The Morgan fingerprint density at radius 1 is 1.43 bits per heavy atom. The number of rotatable bonds is 3. The first kappa shape index (κ1) is 13.5. The summed E-state index contributed by atoms with van der Waals surface area (Å²) in [4.78, 5) is 12.1. The van der Waals surface area contributed by atoms with Crippen LogP contribution in [-0.4, -0.2) is 20.9 Å². The second-order valence-electron chi connectivity index (χ2n) is 4.51. The summed E-state index contributed by atoms with van der Waals surface area (Å²) in [5.41, 5.74) is 0.827. The highest BCUT2D eigenvalue weighted by molar-refractivity contribution is 7.10. The van der Waals surface area contributed by atoms with Crippen LogP contribution in [0.1, 0.15) is 20.9 Å². The number of hydrogen-bond donors (Lipinski definition) is 1. The molecule has 0 spiro atoms. The van der Waals surface area contributed by atoms with Gasteiger partial charge in [0.1, 0.15) is 5.82 Å². The highest BCUT2D eigenvalue weighted by Gasteiger charge is 2.15. The molecule has 0 saturated heterocycles. The Bertz CT molecular complexity index is 850. The van der Waals surface area contributed by atoms with Crippen LogP contribution in [0.4, 0.5) is 4.39 Å². The van der Waals surface area contributed by atoms with E-state index in [9.17, 15) is 9.18 Å². The van der Waals surface area contributed by atoms with E-state index in [1.165, 1.54) is 16.8 Å². The predicted octanol–water partition coefficient (Wildman–Crippen LogP) is 3.64. The summed E-state index contributed by atoms with van der Waals surface area (Å²) < 4.78 is 15.3. The second kappa shape index (κ2) is 5.14. The molecule has 0 fully saturated rings. The summed E-state index contributed by atoms with van der Waals surface area (Å²) in [6.07, 6.45) is 3.70. The van der Waals surface area contributed by atoms with Crippen LogP contribution in [0.25, 0.3) is 23.1 Å². The molecule has 0 unspecified atom stereocenters. The van der Waals surface area contributed by atoms with E-state index in [-0.39, 0.29) is 5.56 Å². The number of aryl methyl sites for hydroxylation is 1. The lowest BCUT2D eigenvalue weighted by atomic mass is 10.1. The zero-order valence-electron chi connectivity index (χ0n) is 11.1. The summed E-state index contributed by atoms with van der Waals surface area (Å²) in [6, 6.07) is 6.44. The number of halogens is 1. The Morgan fingerprint density at radius 2 is 2.24 bits per heavy atom. The third-order valence-corrected chi connectivity index (χ3v) is 3.98. The number of benzene rings is 1. The van der Waals surface area contributed by atoms with E-state index in [1.807, 2.05) is 23.6 Å². The van der Waals surface area contributed by atoms with Gasteiger partial charge < -0.3 is 5.11 Å². The van der Waals surface area contributed by atoms with Gasteiger partial charge in [0.25, 0.3) is 0 Å². The van der Waals surface area contributed by atoms with E-state index in [2.05, 4.69) is 5.10 Å². The van der Waals surface area contributed by atoms with Crippen molar-refractivity contribution in [3.63, 3.8) is 0 Å². The highest BCUT2D eigenvalue weighted by atomic mass is 32.1. The molecule has 6 heteroatoms. The fraction of sp³-hybridized carbons (Fsp3) is 0.0667. The molecule has 2 heterocycles. The van der Waals surface area contributed by atoms with Crippen molar-refractivity contribution >= 4 is 40.4 Å². The van der Waals surface area contributed by atoms with Gasteiger partial charge in [0.15, 0.2) is 0 Å². The summed E-state index contributed by atoms with van der Waals surface area (Å²) in [6.45, 7) is 0. The van der Waals surface area contributed by atoms with Crippen molar-refractivity contribution in [2.24, 2.45) is 7.05 Å². The average molecular weight is 302 g/mol. The van der Waals surface area contributed by atoms with Crippen LogP contribution >= 0.6 is 11.3 Å². The van der Waals surface area contributed by atoms with Gasteiger partial charge in [-0.1, -0.05) is 6.07 Å². The maximum atomic E-state index is 13.7. The van der Waals surface area contributed by atoms with Crippen LogP contribution in [0.3, 0.4) is 0 Å². The molecule has 0 aliphatic rings. The number of hydrogen-bond acceptors (Lipinski definition) is 3. The van der Waals surface area contributed by atoms with Crippen molar-refractivity contribution in [2.45, 2.75) is 0 Å². The summed E-state index contributed by atoms with van der Waals surface area (Å²) in [5.74, 6) is -2.04. The van der Waals surface area contributed by atoms with Crippen molar-refractivity contribution in [3.8, 4) is 0 Å². The molecular formula is C15H11FN2O2S. The SMILES string of the molecule is Cn1nc(/C=C/c2cccs2)c2cc(C(=O)O)c(F)cc21. The normalized spacial score (nSPS) is 11.5. The number of aromatic carboxylic acids is 1. The standard InChI is InChI=1S/C15H11FN2O2S/c1-18-14-8-12(16)10(15(19)20)7-11(14)13(17-18)5-4-9-3-2-6-21-9/h2-8H,1H3,(H,19,20)/b5-4+. The van der Waals surface area contributed by atoms with Gasteiger partial charge in [0.05, 0.1) is 16.8 Å². The lowest BCUT2D eigenvalue weighted by Crippen LogP contribution is -2.00. The van der Waals surface area contributed by atoms with E-state index >= 15 is 0 Å². The van der Waals surface area contributed by atoms with E-state index in [0.717, 1.165) is 4.88 Å². The number of carbonyl (C=O) groups is 1. The van der Waals surface area contributed by atoms with Crippen LogP contribution < -0.4 is 0 Å². The fourth-order valence-corrected chi connectivity index (χ4v) is 2.76. The van der Waals surface area contributed by atoms with Crippen LogP contribution in [0.2, 0.25) is 0 Å². The molecule has 1 N–H and O–H groups in total. The van der Waals surface area contributed by atoms with Crippen molar-refractivity contribution in [1.82, 2.24) is 9.78 Å². The minimum Gasteiger partial charge on any atom is -0.478 e. The van der Waals surface area contributed by atoms with Crippen molar-refractivity contribution in [3.05, 3.63) is 51.6 Å². The monoisotopic (exact) mass is 302 g/mol. The van der Waals surface area contributed by atoms with E-state index < -0.39 is 11.8 Å². The third kappa shape index (κ3) is 2.45. The van der Waals surface area contributed by atoms with E-state index in [4.69, 9.17) is 5.11 Å². The number of carboxylic acid groups (broad SMARTS) is 1. The molecule has 3 rings (SSSR count). The predicted molar refractivity (Wildman–Crippen MR) is 80.9 cm³/mol. The number of thiophene rings is 1. The Balaban J connectivity index is 2.15. The van der Waals surface area contributed by atoms with Crippen molar-refractivity contribution in [2.75, 3.05) is 0 Å². The first-order valence-corrected chi connectivity index (χ1v) is 7.05. The topological polar surface area (TPSA) is 55.1 Å². The van der Waals surface area contributed by atoms with Gasteiger partial charge in [-0.25, -0.2) is 9.18 Å². The zero-order valence-corrected chi connectivity index (χ0v) is 11.9. The number of fused-ring (bicyclic) bond motifs is 1. The minimum atomic E-state index is -1.29. The molecule has 0 aliphatic carbocycles. The number of nitrogens with zero attached hydrogens (tertiary/aromatic N) is 2. The molecule has 21 heavy (non-hydrogen) atoms. The molecular weight excluding hydrogens is 291 g/mol. The van der Waals surface area contributed by atoms with Gasteiger partial charge in [-0.15, -0.1) is 11.3 Å². The molecule has 0 amide bonds. The molecule has 106 valence electrons. The lowest BCUT2D eigenvalue weighted by Gasteiger charge is -1.99. The number of aromatic nitrogens is 2. The lowest BCUT2D eigenvalue weighted by molar-refractivity contribution is 0.0692. The van der Waals surface area contributed by atoms with Gasteiger partial charge in [-0.3, -0.25) is 4.68 Å². The third-order valence-electron chi connectivity index (χ3n) is 3.15. The molecule has 0 saturated carbocycles. The van der Waals surface area contributed by atoms with Crippen LogP contribution in [0, 0.1) is 5.82 Å². The summed E-state index contributed by atoms with van der Waals surface area (Å²) in [7, 11) is 1.70. The largest absolute Gasteiger partial charge is 0.478 e. The van der Waals surface area contributed by atoms with Crippen molar-refractivity contribution < 1.29 is 14.3 Å². The summed E-state index contributed by atoms with van der Waals surface area (Å²) in [5, 5.41) is 15.9. The smallest absolute Gasteiger partial charge is 0.338 e. The number of carboxylic acids is 1. The van der Waals surface area contributed by atoms with Gasteiger partial charge in [0, 0.05) is 23.4 Å². The molecule has 1 aromatic carbocycles. The Hall–Kier alpha value is -2.47. The maximum absolute atomic E-state index is 13.7. The second-order valence-corrected chi connectivity index (χ2v) is 5.49. The van der Waals surface area contributed by atoms with E-state index in [1.54, 1.807) is 24.5 Å². The van der Waals surface area contributed by atoms with Crippen LogP contribution in [0.15, 0.2) is 29.6 Å². The Kier molecular flexibility index (Phi) is 3.31. The first-order chi connectivity index (χ1) is 10.1. The summed E-state index contributed by atoms with van der Waals surface area (Å²) >= 11 is 1.59. The van der Waals surface area contributed by atoms with Gasteiger partial charge in [-0.05, 0) is 29.7 Å².